The van der Waals surface area contributed by atoms with Gasteiger partial charge in [0, 0.05) is 0 Å². The lowest BCUT2D eigenvalue weighted by molar-refractivity contribution is 0.275. The molecule has 98 valence electrons. The van der Waals surface area contributed by atoms with Gasteiger partial charge in [0.2, 0.25) is 0 Å². The van der Waals surface area contributed by atoms with Gasteiger partial charge < -0.3 is 0 Å². The van der Waals surface area contributed by atoms with E-state index < -0.39 is 0 Å². The molecule has 0 radical (unpaired) electrons. The lowest BCUT2D eigenvalue weighted by Crippen LogP contribution is -2.11. The average Bonchev–Trinajstić information content (AvgIpc) is 2.18. The minimum absolute atomic E-state index is 0.584. The molecular formula is C16H34. The molecule has 0 saturated heterocycles. The summed E-state index contributed by atoms with van der Waals surface area (Å²) in [6.07, 6.45) is 12.7. The van der Waals surface area contributed by atoms with Crippen LogP contribution >= 0.6 is 0 Å². The Balaban J connectivity index is 3.56. The molecule has 0 amide bonds. The highest BCUT2D eigenvalue weighted by atomic mass is 14.2. The highest BCUT2D eigenvalue weighted by Gasteiger charge is 2.16. The van der Waals surface area contributed by atoms with Crippen LogP contribution in [0.15, 0.2) is 0 Å². The Kier molecular flexibility index (Phi) is 9.07. The molecule has 0 N–H and O–H groups in total. The predicted molar refractivity (Wildman–Crippen MR) is 75.8 cm³/mol. The molecule has 1 unspecified atom stereocenters. The van der Waals surface area contributed by atoms with Crippen LogP contribution in [0.5, 0.6) is 0 Å². The van der Waals surface area contributed by atoms with Crippen molar-refractivity contribution in [2.24, 2.45) is 11.3 Å². The summed E-state index contributed by atoms with van der Waals surface area (Å²) in [7, 11) is 0. The molecule has 0 heterocycles. The van der Waals surface area contributed by atoms with E-state index in [1.807, 2.05) is 0 Å². The molecule has 0 heteroatoms. The van der Waals surface area contributed by atoms with E-state index >= 15 is 0 Å². The molecular weight excluding hydrogens is 192 g/mol. The zero-order valence-electron chi connectivity index (χ0n) is 12.4. The van der Waals surface area contributed by atoms with E-state index in [4.69, 9.17) is 0 Å². The zero-order chi connectivity index (χ0) is 12.4. The molecule has 0 aliphatic carbocycles. The highest BCUT2D eigenvalue weighted by molar-refractivity contribution is 4.69. The first-order valence-corrected chi connectivity index (χ1v) is 7.52. The molecule has 16 heavy (non-hydrogen) atoms. The van der Waals surface area contributed by atoms with E-state index in [0.717, 1.165) is 5.92 Å². The predicted octanol–water partition coefficient (Wildman–Crippen LogP) is 6.20. The van der Waals surface area contributed by atoms with E-state index in [1.165, 1.54) is 57.8 Å². The Morgan fingerprint density at radius 3 is 2.00 bits per heavy atom. The Morgan fingerprint density at radius 1 is 0.812 bits per heavy atom. The van der Waals surface area contributed by atoms with Gasteiger partial charge in [0.25, 0.3) is 0 Å². The van der Waals surface area contributed by atoms with Gasteiger partial charge in [-0.25, -0.2) is 0 Å². The Bertz CT molecular complexity index is 146. The van der Waals surface area contributed by atoms with Crippen LogP contribution in [-0.2, 0) is 0 Å². The van der Waals surface area contributed by atoms with Gasteiger partial charge in [-0.3, -0.25) is 0 Å². The van der Waals surface area contributed by atoms with Gasteiger partial charge >= 0.3 is 0 Å². The van der Waals surface area contributed by atoms with Crippen molar-refractivity contribution in [1.29, 1.82) is 0 Å². The molecule has 0 aromatic heterocycles. The largest absolute Gasteiger partial charge is 0.0654 e. The lowest BCUT2D eigenvalue weighted by atomic mass is 9.81. The van der Waals surface area contributed by atoms with E-state index in [2.05, 4.69) is 34.6 Å². The van der Waals surface area contributed by atoms with Gasteiger partial charge in [-0.05, 0) is 24.2 Å². The molecule has 0 bridgehead atoms. The van der Waals surface area contributed by atoms with Crippen LogP contribution < -0.4 is 0 Å². The summed E-state index contributed by atoms with van der Waals surface area (Å²) in [6, 6.07) is 0. The second-order valence-corrected chi connectivity index (χ2v) is 6.41. The number of rotatable bonds is 10. The summed E-state index contributed by atoms with van der Waals surface area (Å²) in [5.41, 5.74) is 0.584. The maximum atomic E-state index is 2.45. The molecule has 0 aromatic rings. The van der Waals surface area contributed by atoms with Crippen molar-refractivity contribution in [1.82, 2.24) is 0 Å². The summed E-state index contributed by atoms with van der Waals surface area (Å²) in [5.74, 6) is 0.941. The van der Waals surface area contributed by atoms with Crippen molar-refractivity contribution in [3.8, 4) is 0 Å². The molecule has 0 aromatic carbocycles. The zero-order valence-corrected chi connectivity index (χ0v) is 12.4. The van der Waals surface area contributed by atoms with E-state index in [0.29, 0.717) is 5.41 Å². The third-order valence-corrected chi connectivity index (χ3v) is 3.79. The van der Waals surface area contributed by atoms with Crippen LogP contribution in [0.1, 0.15) is 92.4 Å². The van der Waals surface area contributed by atoms with Crippen LogP contribution in [-0.4, -0.2) is 0 Å². The highest BCUT2D eigenvalue weighted by Crippen LogP contribution is 2.30. The van der Waals surface area contributed by atoms with Gasteiger partial charge in [0.05, 0.1) is 0 Å². The van der Waals surface area contributed by atoms with Crippen LogP contribution in [0, 0.1) is 11.3 Å². The van der Waals surface area contributed by atoms with Gasteiger partial charge in [0.1, 0.15) is 0 Å². The van der Waals surface area contributed by atoms with Crippen LogP contribution in [0.25, 0.3) is 0 Å². The average molecular weight is 226 g/mol. The fourth-order valence-corrected chi connectivity index (χ4v) is 2.54. The van der Waals surface area contributed by atoms with Crippen molar-refractivity contribution in [2.45, 2.75) is 92.4 Å². The first-order valence-electron chi connectivity index (χ1n) is 7.52. The molecule has 0 spiro atoms. The molecule has 1 atom stereocenters. The van der Waals surface area contributed by atoms with Gasteiger partial charge in [-0.2, -0.15) is 0 Å². The molecule has 0 aliphatic heterocycles. The lowest BCUT2D eigenvalue weighted by Gasteiger charge is -2.25. The fourth-order valence-electron chi connectivity index (χ4n) is 2.54. The topological polar surface area (TPSA) is 0 Å². The van der Waals surface area contributed by atoms with E-state index in [-0.39, 0.29) is 0 Å². The third kappa shape index (κ3) is 9.24. The molecule has 0 rings (SSSR count). The van der Waals surface area contributed by atoms with Crippen LogP contribution in [0.4, 0.5) is 0 Å². The Morgan fingerprint density at radius 2 is 1.44 bits per heavy atom. The van der Waals surface area contributed by atoms with Crippen LogP contribution in [0.3, 0.4) is 0 Å². The number of hydrogen-bond acceptors (Lipinski definition) is 0. The maximum Gasteiger partial charge on any atom is -0.0354 e. The van der Waals surface area contributed by atoms with Gasteiger partial charge in [0.15, 0.2) is 0 Å². The normalized spacial score (nSPS) is 14.1. The Labute approximate surface area is 104 Å². The van der Waals surface area contributed by atoms with E-state index in [1.54, 1.807) is 0 Å². The maximum absolute atomic E-state index is 2.45. The number of hydrogen-bond donors (Lipinski definition) is 0. The smallest absolute Gasteiger partial charge is 0.0354 e. The van der Waals surface area contributed by atoms with Crippen molar-refractivity contribution >= 4 is 0 Å². The molecule has 0 aliphatic rings. The van der Waals surface area contributed by atoms with Gasteiger partial charge in [-0.1, -0.05) is 79.6 Å². The molecule has 0 fully saturated rings. The summed E-state index contributed by atoms with van der Waals surface area (Å²) in [6.45, 7) is 11.9. The molecule has 0 nitrogen and oxygen atoms in total. The first-order chi connectivity index (χ1) is 7.52. The number of unbranched alkanes of at least 4 members (excludes halogenated alkanes) is 2. The third-order valence-electron chi connectivity index (χ3n) is 3.79. The van der Waals surface area contributed by atoms with E-state index in [9.17, 15) is 0 Å². The fraction of sp³-hybridized carbons (Fsp3) is 1.00. The van der Waals surface area contributed by atoms with Crippen molar-refractivity contribution in [3.05, 3.63) is 0 Å². The quantitative estimate of drug-likeness (QED) is 0.389. The summed E-state index contributed by atoms with van der Waals surface area (Å²) < 4.78 is 0. The molecule has 0 saturated carbocycles. The van der Waals surface area contributed by atoms with Crippen molar-refractivity contribution in [3.63, 3.8) is 0 Å². The minimum atomic E-state index is 0.584. The second-order valence-electron chi connectivity index (χ2n) is 6.41. The van der Waals surface area contributed by atoms with Crippen LogP contribution in [0.2, 0.25) is 0 Å². The minimum Gasteiger partial charge on any atom is -0.0654 e. The monoisotopic (exact) mass is 226 g/mol. The Hall–Kier alpha value is 0. The summed E-state index contributed by atoms with van der Waals surface area (Å²) in [5, 5.41) is 0. The van der Waals surface area contributed by atoms with Crippen molar-refractivity contribution < 1.29 is 0 Å². The second kappa shape index (κ2) is 9.07. The van der Waals surface area contributed by atoms with Crippen molar-refractivity contribution in [2.75, 3.05) is 0 Å². The standard InChI is InChI=1S/C16H34/c1-6-8-9-13-16(4,5)14-10-12-15(3)11-7-2/h15H,6-14H2,1-5H3. The first kappa shape index (κ1) is 16.0. The summed E-state index contributed by atoms with van der Waals surface area (Å²) in [4.78, 5) is 0. The summed E-state index contributed by atoms with van der Waals surface area (Å²) >= 11 is 0. The van der Waals surface area contributed by atoms with Gasteiger partial charge in [-0.15, -0.1) is 0 Å². The SMILES string of the molecule is CCCCCC(C)(C)CCCC(C)CCC.